The average molecular weight is 397 g/mol. The largest absolute Gasteiger partial charge is 0.467 e. The van der Waals surface area contributed by atoms with Gasteiger partial charge in [-0.15, -0.1) is 0 Å². The van der Waals surface area contributed by atoms with Gasteiger partial charge in [-0.25, -0.2) is 14.6 Å². The lowest BCUT2D eigenvalue weighted by molar-refractivity contribution is -0.142. The topological polar surface area (TPSA) is 87.3 Å². The van der Waals surface area contributed by atoms with Crippen molar-refractivity contribution in [2.75, 3.05) is 13.7 Å². The number of H-pyrrole nitrogens is 1. The number of imidazole rings is 1. The Bertz CT molecular complexity index is 839. The van der Waals surface area contributed by atoms with Crippen molar-refractivity contribution < 1.29 is 14.3 Å². The molecule has 0 saturated carbocycles. The number of carbonyl (C=O) groups is 2. The highest BCUT2D eigenvalue weighted by atomic mass is 35.5. The van der Waals surface area contributed by atoms with Crippen LogP contribution in [0.4, 0.5) is 4.79 Å². The highest BCUT2D eigenvalue weighted by Crippen LogP contribution is 2.37. The Morgan fingerprint density at radius 1 is 1.42 bits per heavy atom. The predicted molar refractivity (Wildman–Crippen MR) is 97.3 cm³/mol. The molecule has 26 heavy (non-hydrogen) atoms. The number of amides is 2. The number of fused-ring (bicyclic) bond motifs is 1. The van der Waals surface area contributed by atoms with Gasteiger partial charge in [-0.05, 0) is 24.6 Å². The van der Waals surface area contributed by atoms with Gasteiger partial charge >= 0.3 is 12.0 Å². The number of esters is 1. The lowest BCUT2D eigenvalue weighted by Gasteiger charge is -2.36. The zero-order valence-electron chi connectivity index (χ0n) is 14.3. The molecule has 0 fully saturated rings. The zero-order valence-corrected chi connectivity index (χ0v) is 15.8. The second-order valence-corrected chi connectivity index (χ2v) is 6.82. The molecule has 0 saturated heterocycles. The van der Waals surface area contributed by atoms with Crippen LogP contribution in [0.3, 0.4) is 0 Å². The summed E-state index contributed by atoms with van der Waals surface area (Å²) in [6, 6.07) is 3.48. The summed E-state index contributed by atoms with van der Waals surface area (Å²) in [6.07, 6.45) is 2.22. The van der Waals surface area contributed by atoms with Crippen LogP contribution < -0.4 is 5.32 Å². The second kappa shape index (κ2) is 7.55. The molecule has 3 rings (SSSR count). The number of benzene rings is 1. The third kappa shape index (κ3) is 3.50. The summed E-state index contributed by atoms with van der Waals surface area (Å²) in [5.74, 6) is -0.517. The molecule has 0 spiro atoms. The van der Waals surface area contributed by atoms with Crippen LogP contribution in [0, 0.1) is 0 Å². The number of aromatic nitrogens is 2. The van der Waals surface area contributed by atoms with E-state index in [1.807, 2.05) is 0 Å². The van der Waals surface area contributed by atoms with Crippen LogP contribution in [0.25, 0.3) is 0 Å². The average Bonchev–Trinajstić information content (AvgIpc) is 3.09. The molecule has 0 bridgehead atoms. The monoisotopic (exact) mass is 396 g/mol. The molecule has 2 amide bonds. The third-order valence-electron chi connectivity index (χ3n) is 4.34. The minimum Gasteiger partial charge on any atom is -0.467 e. The number of aromatic amines is 1. The molecular formula is C17H18Cl2N4O3. The number of ether oxygens (including phenoxy) is 1. The number of urea groups is 1. The van der Waals surface area contributed by atoms with Crippen molar-refractivity contribution in [3.63, 3.8) is 0 Å². The van der Waals surface area contributed by atoms with Gasteiger partial charge in [-0.2, -0.15) is 0 Å². The molecule has 0 unspecified atom stereocenters. The highest BCUT2D eigenvalue weighted by molar-refractivity contribution is 6.35. The van der Waals surface area contributed by atoms with Gasteiger partial charge in [0.15, 0.2) is 0 Å². The van der Waals surface area contributed by atoms with E-state index in [1.165, 1.54) is 7.11 Å². The van der Waals surface area contributed by atoms with Gasteiger partial charge in [0, 0.05) is 28.7 Å². The van der Waals surface area contributed by atoms with Crippen LogP contribution in [-0.2, 0) is 16.0 Å². The van der Waals surface area contributed by atoms with E-state index in [9.17, 15) is 9.59 Å². The predicted octanol–water partition coefficient (Wildman–Crippen LogP) is 2.94. The Morgan fingerprint density at radius 2 is 2.19 bits per heavy atom. The summed E-state index contributed by atoms with van der Waals surface area (Å²) in [6.45, 7) is 2.01. The van der Waals surface area contributed by atoms with E-state index < -0.39 is 24.1 Å². The molecule has 0 aliphatic carbocycles. The summed E-state index contributed by atoms with van der Waals surface area (Å²) in [5.41, 5.74) is 2.39. The van der Waals surface area contributed by atoms with Crippen molar-refractivity contribution in [1.82, 2.24) is 20.2 Å². The molecule has 7 nitrogen and oxygen atoms in total. The van der Waals surface area contributed by atoms with Crippen LogP contribution in [0.15, 0.2) is 24.5 Å². The molecule has 2 aromatic rings. The maximum Gasteiger partial charge on any atom is 0.328 e. The first kappa shape index (κ1) is 18.5. The van der Waals surface area contributed by atoms with E-state index in [0.717, 1.165) is 11.4 Å². The van der Waals surface area contributed by atoms with Crippen LogP contribution in [0.1, 0.15) is 29.9 Å². The fourth-order valence-electron chi connectivity index (χ4n) is 3.04. The molecule has 1 aromatic carbocycles. The number of halogens is 2. The van der Waals surface area contributed by atoms with Gasteiger partial charge in [0.2, 0.25) is 0 Å². The van der Waals surface area contributed by atoms with E-state index in [2.05, 4.69) is 20.0 Å². The molecule has 2 N–H and O–H groups in total. The molecule has 138 valence electrons. The number of hydrogen-bond acceptors (Lipinski definition) is 4. The zero-order chi connectivity index (χ0) is 18.8. The van der Waals surface area contributed by atoms with E-state index in [1.54, 1.807) is 36.4 Å². The molecule has 0 radical (unpaired) electrons. The minimum absolute atomic E-state index is 0.396. The number of rotatable bonds is 3. The Labute approximate surface area is 160 Å². The fraction of sp³-hybridized carbons (Fsp3) is 0.353. The lowest BCUT2D eigenvalue weighted by atomic mass is 9.96. The molecule has 9 heteroatoms. The summed E-state index contributed by atoms with van der Waals surface area (Å²) in [4.78, 5) is 33.5. The molecular weight excluding hydrogens is 379 g/mol. The van der Waals surface area contributed by atoms with E-state index in [4.69, 9.17) is 23.2 Å². The van der Waals surface area contributed by atoms with Crippen LogP contribution >= 0.6 is 23.2 Å². The molecule has 2 atom stereocenters. The first-order valence-electron chi connectivity index (χ1n) is 8.04. The van der Waals surface area contributed by atoms with Gasteiger partial charge in [0.25, 0.3) is 0 Å². The highest BCUT2D eigenvalue weighted by Gasteiger charge is 2.36. The van der Waals surface area contributed by atoms with Gasteiger partial charge in [-0.1, -0.05) is 29.3 Å². The summed E-state index contributed by atoms with van der Waals surface area (Å²) in [7, 11) is 1.28. The first-order chi connectivity index (χ1) is 12.4. The molecule has 1 aliphatic heterocycles. The minimum atomic E-state index is -0.769. The molecule has 2 heterocycles. The Morgan fingerprint density at radius 3 is 2.88 bits per heavy atom. The summed E-state index contributed by atoms with van der Waals surface area (Å²) in [5, 5.41) is 3.61. The summed E-state index contributed by atoms with van der Waals surface area (Å²) >= 11 is 12.4. The van der Waals surface area contributed by atoms with Crippen molar-refractivity contribution in [1.29, 1.82) is 0 Å². The van der Waals surface area contributed by atoms with E-state index in [0.29, 0.717) is 28.6 Å². The van der Waals surface area contributed by atoms with Crippen LogP contribution in [0.5, 0.6) is 0 Å². The number of methoxy groups -OCH3 is 1. The Balaban J connectivity index is 1.96. The fourth-order valence-corrected chi connectivity index (χ4v) is 3.55. The Kier molecular flexibility index (Phi) is 5.38. The van der Waals surface area contributed by atoms with Crippen molar-refractivity contribution >= 4 is 35.2 Å². The first-order valence-corrected chi connectivity index (χ1v) is 8.80. The van der Waals surface area contributed by atoms with Gasteiger partial charge < -0.3 is 19.9 Å². The molecule has 1 aliphatic rings. The SMILES string of the molecule is COC(=O)[C@H](C)NC(=O)N1CCc2[nH]cnc2[C@@H]1c1ccc(Cl)cc1Cl. The quantitative estimate of drug-likeness (QED) is 0.780. The van der Waals surface area contributed by atoms with Crippen molar-refractivity contribution in [3.8, 4) is 0 Å². The van der Waals surface area contributed by atoms with Crippen molar-refractivity contribution in [3.05, 3.63) is 51.5 Å². The van der Waals surface area contributed by atoms with Crippen LogP contribution in [0.2, 0.25) is 10.0 Å². The van der Waals surface area contributed by atoms with Gasteiger partial charge in [0.05, 0.1) is 19.1 Å². The summed E-state index contributed by atoms with van der Waals surface area (Å²) < 4.78 is 4.66. The van der Waals surface area contributed by atoms with Gasteiger partial charge in [-0.3, -0.25) is 0 Å². The normalized spacial score (nSPS) is 17.4. The van der Waals surface area contributed by atoms with Gasteiger partial charge in [0.1, 0.15) is 12.1 Å². The lowest BCUT2D eigenvalue weighted by Crippen LogP contribution is -2.50. The van der Waals surface area contributed by atoms with Crippen molar-refractivity contribution in [2.24, 2.45) is 0 Å². The maximum absolute atomic E-state index is 12.8. The second-order valence-electron chi connectivity index (χ2n) is 5.97. The van der Waals surface area contributed by atoms with E-state index >= 15 is 0 Å². The number of hydrogen-bond donors (Lipinski definition) is 2. The maximum atomic E-state index is 12.8. The standard InChI is InChI=1S/C17H18Cl2N4O3/c1-9(16(24)26-2)22-17(25)23-6-5-13-14(21-8-20-13)15(23)11-4-3-10(18)7-12(11)19/h3-4,7-9,15H,5-6H2,1-2H3,(H,20,21)(H,22,25)/t9-,15-/m0/s1. The number of nitrogens with zero attached hydrogens (tertiary/aromatic N) is 2. The Hall–Kier alpha value is -2.25. The van der Waals surface area contributed by atoms with E-state index in [-0.39, 0.29) is 0 Å². The van der Waals surface area contributed by atoms with Crippen LogP contribution in [-0.4, -0.2) is 46.6 Å². The number of nitrogens with one attached hydrogen (secondary N) is 2. The third-order valence-corrected chi connectivity index (χ3v) is 4.90. The smallest absolute Gasteiger partial charge is 0.328 e. The van der Waals surface area contributed by atoms with Crippen molar-refractivity contribution in [2.45, 2.75) is 25.4 Å². The molecule has 1 aromatic heterocycles. The number of carbonyl (C=O) groups excluding carboxylic acids is 2.